The van der Waals surface area contributed by atoms with Gasteiger partial charge in [-0.3, -0.25) is 5.41 Å². The van der Waals surface area contributed by atoms with Crippen LogP contribution in [0.15, 0.2) is 48.5 Å². The molecule has 36 heavy (non-hydrogen) atoms. The number of nitrogens with zero attached hydrogens (tertiary/aromatic N) is 3. The number of hydrogen-bond acceptors (Lipinski definition) is 7. The van der Waals surface area contributed by atoms with E-state index >= 15 is 0 Å². The highest BCUT2D eigenvalue weighted by Gasteiger charge is 2.79. The van der Waals surface area contributed by atoms with Gasteiger partial charge in [-0.05, 0) is 36.2 Å². The molecule has 2 bridgehead atoms. The van der Waals surface area contributed by atoms with E-state index < -0.39 is 34.5 Å². The lowest BCUT2D eigenvalue weighted by Crippen LogP contribution is -2.57. The van der Waals surface area contributed by atoms with Crippen LogP contribution in [0.1, 0.15) is 56.8 Å². The first kappa shape index (κ1) is 25.5. The fraction of sp³-hybridized carbons (Fsp3) is 0.429. The van der Waals surface area contributed by atoms with E-state index in [-0.39, 0.29) is 0 Å². The molecule has 2 aromatic carbocycles. The van der Waals surface area contributed by atoms with E-state index in [2.05, 4.69) is 25.1 Å². The molecule has 0 amide bonds. The molecule has 1 N–H and O–H groups in total. The predicted molar refractivity (Wildman–Crippen MR) is 133 cm³/mol. The summed E-state index contributed by atoms with van der Waals surface area (Å²) in [6.07, 6.45) is 3.19. The molecule has 2 aliphatic rings. The van der Waals surface area contributed by atoms with Crippen LogP contribution in [-0.4, -0.2) is 12.5 Å². The number of halogens is 1. The van der Waals surface area contributed by atoms with Crippen LogP contribution >= 0.6 is 11.6 Å². The van der Waals surface area contributed by atoms with Gasteiger partial charge in [0.1, 0.15) is 11.9 Å². The molecule has 7 nitrogen and oxygen atoms in total. The van der Waals surface area contributed by atoms with Crippen molar-refractivity contribution in [2.45, 2.75) is 51.4 Å². The second-order valence-electron chi connectivity index (χ2n) is 9.26. The Morgan fingerprint density at radius 1 is 1.03 bits per heavy atom. The molecule has 2 heterocycles. The summed E-state index contributed by atoms with van der Waals surface area (Å²) in [6, 6.07) is 20.0. The largest absolute Gasteiger partial charge is 0.494 e. The summed E-state index contributed by atoms with van der Waals surface area (Å²) in [5.41, 5.74) is -2.88. The number of fused-ring (bicyclic) bond motifs is 2. The van der Waals surface area contributed by atoms with Crippen molar-refractivity contribution in [3.8, 4) is 24.0 Å². The van der Waals surface area contributed by atoms with E-state index in [1.807, 2.05) is 0 Å². The topological polar surface area (TPSA) is 123 Å². The third kappa shape index (κ3) is 3.61. The van der Waals surface area contributed by atoms with Crippen LogP contribution in [0.25, 0.3) is 0 Å². The number of ether oxygens (including phenoxy) is 3. The van der Waals surface area contributed by atoms with Crippen LogP contribution in [0.5, 0.6) is 5.75 Å². The van der Waals surface area contributed by atoms with Crippen LogP contribution in [0.2, 0.25) is 5.02 Å². The molecule has 184 valence electrons. The van der Waals surface area contributed by atoms with Gasteiger partial charge in [0, 0.05) is 10.6 Å². The molecule has 4 atom stereocenters. The maximum Gasteiger partial charge on any atom is 0.244 e. The summed E-state index contributed by atoms with van der Waals surface area (Å²) in [5.74, 6) is -2.23. The number of rotatable bonds is 8. The molecule has 0 spiro atoms. The van der Waals surface area contributed by atoms with E-state index in [1.165, 1.54) is 0 Å². The maximum absolute atomic E-state index is 10.4. The van der Waals surface area contributed by atoms with Crippen LogP contribution in [0.3, 0.4) is 0 Å². The summed E-state index contributed by atoms with van der Waals surface area (Å²) < 4.78 is 18.3. The van der Waals surface area contributed by atoms with Gasteiger partial charge in [0.2, 0.25) is 17.1 Å². The third-order valence-electron chi connectivity index (χ3n) is 7.35. The first-order valence-corrected chi connectivity index (χ1v) is 12.4. The normalized spacial score (nSPS) is 27.8. The van der Waals surface area contributed by atoms with E-state index in [0.717, 1.165) is 25.7 Å². The van der Waals surface area contributed by atoms with Gasteiger partial charge in [-0.2, -0.15) is 15.8 Å². The highest BCUT2D eigenvalue weighted by Crippen LogP contribution is 2.69. The molecule has 2 aliphatic heterocycles. The molecule has 2 saturated heterocycles. The van der Waals surface area contributed by atoms with Gasteiger partial charge >= 0.3 is 0 Å². The quantitative estimate of drug-likeness (QED) is 0.416. The second-order valence-corrected chi connectivity index (χ2v) is 9.69. The van der Waals surface area contributed by atoms with Crippen molar-refractivity contribution < 1.29 is 14.2 Å². The Morgan fingerprint density at radius 2 is 1.75 bits per heavy atom. The van der Waals surface area contributed by atoms with Crippen LogP contribution in [-0.2, 0) is 15.3 Å². The lowest BCUT2D eigenvalue weighted by molar-refractivity contribution is -0.288. The fourth-order valence-corrected chi connectivity index (χ4v) is 5.52. The maximum atomic E-state index is 10.4. The van der Waals surface area contributed by atoms with Crippen LogP contribution < -0.4 is 4.74 Å². The highest BCUT2D eigenvalue weighted by atomic mass is 35.5. The van der Waals surface area contributed by atoms with Crippen molar-refractivity contribution in [3.63, 3.8) is 0 Å². The van der Waals surface area contributed by atoms with Gasteiger partial charge in [-0.15, -0.1) is 0 Å². The smallest absolute Gasteiger partial charge is 0.244 e. The van der Waals surface area contributed by atoms with Gasteiger partial charge in [-0.25, -0.2) is 0 Å². The Balaban J connectivity index is 1.77. The Labute approximate surface area is 216 Å². The number of unbranched alkanes of at least 4 members (excludes halogenated alkanes) is 3. The van der Waals surface area contributed by atoms with Crippen molar-refractivity contribution in [1.29, 1.82) is 21.2 Å². The van der Waals surface area contributed by atoms with Crippen LogP contribution in [0, 0.1) is 56.2 Å². The Bertz CT molecular complexity index is 1260. The standard InChI is InChI=1S/C28H27ClN4O3/c1-3-4-5-6-14-34-23-12-10-20(11-13-23)24-26(16-30,17-31)27(18-32)19(2)28(35-24,36-25(27)33)21-8-7-9-22(29)15-21/h7-13,15,19,24,33H,3-6,14H2,1-2H3. The fourth-order valence-electron chi connectivity index (χ4n) is 5.33. The summed E-state index contributed by atoms with van der Waals surface area (Å²) >= 11 is 6.25. The van der Waals surface area contributed by atoms with E-state index in [4.69, 9.17) is 31.2 Å². The SMILES string of the molecule is CCCCCCOc1ccc(C2OC3(c4cccc(Cl)c4)OC(=N)C(C#N)(C3C)C2(C#N)C#N)cc1. The Hall–Kier alpha value is -3.57. The molecule has 0 aromatic heterocycles. The Morgan fingerprint density at radius 3 is 2.36 bits per heavy atom. The summed E-state index contributed by atoms with van der Waals surface area (Å²) in [4.78, 5) is 0. The summed E-state index contributed by atoms with van der Waals surface area (Å²) in [5, 5.41) is 40.2. The summed E-state index contributed by atoms with van der Waals surface area (Å²) in [7, 11) is 0. The molecule has 0 aliphatic carbocycles. The average Bonchev–Trinajstić information content (AvgIpc) is 3.05. The molecule has 0 saturated carbocycles. The third-order valence-corrected chi connectivity index (χ3v) is 7.58. The summed E-state index contributed by atoms with van der Waals surface area (Å²) in [6.45, 7) is 4.42. The van der Waals surface area contributed by atoms with Gasteiger partial charge in [0.05, 0.1) is 30.7 Å². The molecule has 4 rings (SSSR count). The molecular weight excluding hydrogens is 476 g/mol. The van der Waals surface area contributed by atoms with Crippen molar-refractivity contribution in [2.24, 2.45) is 16.7 Å². The van der Waals surface area contributed by atoms with E-state index in [0.29, 0.717) is 28.5 Å². The van der Waals surface area contributed by atoms with Crippen molar-refractivity contribution >= 4 is 17.5 Å². The predicted octanol–water partition coefficient (Wildman–Crippen LogP) is 6.41. The number of hydrogen-bond donors (Lipinski definition) is 1. The monoisotopic (exact) mass is 502 g/mol. The van der Waals surface area contributed by atoms with Gasteiger partial charge in [0.25, 0.3) is 0 Å². The zero-order chi connectivity index (χ0) is 26.0. The number of benzene rings is 2. The molecule has 2 fully saturated rings. The highest BCUT2D eigenvalue weighted by molar-refractivity contribution is 6.30. The lowest BCUT2D eigenvalue weighted by Gasteiger charge is -2.48. The minimum absolute atomic E-state index is 0.427. The minimum Gasteiger partial charge on any atom is -0.494 e. The van der Waals surface area contributed by atoms with Crippen LogP contribution in [0.4, 0.5) is 0 Å². The van der Waals surface area contributed by atoms with Gasteiger partial charge < -0.3 is 14.2 Å². The van der Waals surface area contributed by atoms with E-state index in [1.54, 1.807) is 55.5 Å². The molecule has 8 heteroatoms. The molecular formula is C28H27ClN4O3. The first-order chi connectivity index (χ1) is 17.3. The minimum atomic E-state index is -2.03. The van der Waals surface area contributed by atoms with Gasteiger partial charge in [0.15, 0.2) is 5.41 Å². The van der Waals surface area contributed by atoms with Crippen molar-refractivity contribution in [2.75, 3.05) is 6.61 Å². The molecule has 0 radical (unpaired) electrons. The van der Waals surface area contributed by atoms with Crippen molar-refractivity contribution in [1.82, 2.24) is 0 Å². The molecule has 4 unspecified atom stereocenters. The average molecular weight is 503 g/mol. The zero-order valence-electron chi connectivity index (χ0n) is 20.3. The lowest BCUT2D eigenvalue weighted by atomic mass is 9.53. The number of nitrogens with one attached hydrogen (secondary N) is 1. The number of nitriles is 3. The van der Waals surface area contributed by atoms with Crippen molar-refractivity contribution in [3.05, 3.63) is 64.7 Å². The Kier molecular flexibility index (Phi) is 6.96. The second kappa shape index (κ2) is 9.82. The van der Waals surface area contributed by atoms with E-state index in [9.17, 15) is 15.8 Å². The molecule has 2 aromatic rings. The van der Waals surface area contributed by atoms with Gasteiger partial charge in [-0.1, -0.05) is 69.0 Å². The first-order valence-electron chi connectivity index (χ1n) is 12.0. The zero-order valence-corrected chi connectivity index (χ0v) is 21.0.